The lowest BCUT2D eigenvalue weighted by Crippen LogP contribution is -2.14. The lowest BCUT2D eigenvalue weighted by atomic mass is 9.98. The highest BCUT2D eigenvalue weighted by atomic mass is 32.1. The molecule has 1 aliphatic rings. The first-order valence-electron chi connectivity index (χ1n) is 6.79. The van der Waals surface area contributed by atoms with E-state index in [1.54, 1.807) is 0 Å². The van der Waals surface area contributed by atoms with Gasteiger partial charge in [-0.05, 0) is 31.8 Å². The molecule has 1 aromatic rings. The normalized spacial score (nSPS) is 19.6. The molecule has 2 N–H and O–H groups in total. The van der Waals surface area contributed by atoms with Gasteiger partial charge in [-0.25, -0.2) is 0 Å². The Morgan fingerprint density at radius 1 is 1.47 bits per heavy atom. The highest BCUT2D eigenvalue weighted by Gasteiger charge is 2.20. The van der Waals surface area contributed by atoms with Crippen LogP contribution in [0.1, 0.15) is 45.0 Å². The maximum atomic E-state index is 11.8. The molecule has 1 amide bonds. The summed E-state index contributed by atoms with van der Waals surface area (Å²) >= 11 is 1.46. The number of nitrogens with zero attached hydrogens (tertiary/aromatic N) is 2. The summed E-state index contributed by atoms with van der Waals surface area (Å²) in [6.07, 6.45) is 2.70. The van der Waals surface area contributed by atoms with Gasteiger partial charge in [0.1, 0.15) is 5.01 Å². The van der Waals surface area contributed by atoms with E-state index in [1.165, 1.54) is 17.8 Å². The van der Waals surface area contributed by atoms with Gasteiger partial charge in [0, 0.05) is 11.8 Å². The van der Waals surface area contributed by atoms with Gasteiger partial charge >= 0.3 is 0 Å². The van der Waals surface area contributed by atoms with Crippen molar-refractivity contribution in [2.75, 3.05) is 18.4 Å². The first kappa shape index (κ1) is 14.4. The van der Waals surface area contributed by atoms with Crippen molar-refractivity contribution < 1.29 is 4.79 Å². The molecule has 1 fully saturated rings. The van der Waals surface area contributed by atoms with E-state index in [-0.39, 0.29) is 11.3 Å². The summed E-state index contributed by atoms with van der Waals surface area (Å²) in [7, 11) is 0. The van der Waals surface area contributed by atoms with Crippen molar-refractivity contribution in [3.8, 4) is 0 Å². The minimum absolute atomic E-state index is 0.0177. The molecular weight excluding hydrogens is 260 g/mol. The molecule has 1 atom stereocenters. The summed E-state index contributed by atoms with van der Waals surface area (Å²) in [6, 6.07) is 0. The molecule has 2 heterocycles. The number of carbonyl (C=O) groups is 1. The van der Waals surface area contributed by atoms with Crippen molar-refractivity contribution in [2.45, 2.75) is 45.4 Å². The minimum Gasteiger partial charge on any atom is -0.316 e. The fraction of sp³-hybridized carbons (Fsp3) is 0.769. The molecule has 2 rings (SSSR count). The van der Waals surface area contributed by atoms with Crippen molar-refractivity contribution >= 4 is 22.4 Å². The Kier molecular flexibility index (Phi) is 4.52. The lowest BCUT2D eigenvalue weighted by molar-refractivity contribution is -0.116. The van der Waals surface area contributed by atoms with Gasteiger partial charge in [0.05, 0.1) is 0 Å². The quantitative estimate of drug-likeness (QED) is 0.888. The molecule has 1 aromatic heterocycles. The Balaban J connectivity index is 1.80. The molecule has 106 valence electrons. The zero-order valence-electron chi connectivity index (χ0n) is 11.8. The fourth-order valence-corrected chi connectivity index (χ4v) is 2.87. The summed E-state index contributed by atoms with van der Waals surface area (Å²) < 4.78 is 0. The van der Waals surface area contributed by atoms with Gasteiger partial charge in [0.15, 0.2) is 0 Å². The van der Waals surface area contributed by atoms with Crippen LogP contribution in [0, 0.1) is 5.92 Å². The second-order valence-electron chi connectivity index (χ2n) is 6.11. The fourth-order valence-electron chi connectivity index (χ4n) is 2.05. The third kappa shape index (κ3) is 4.24. The van der Waals surface area contributed by atoms with E-state index in [1.807, 2.05) is 0 Å². The van der Waals surface area contributed by atoms with Crippen LogP contribution in [0.4, 0.5) is 5.13 Å². The number of carbonyl (C=O) groups excluding carboxylic acids is 1. The standard InChI is InChI=1S/C13H22N4OS/c1-13(2,3)11-16-17-12(19-11)15-10(18)5-4-9-6-7-14-8-9/h9,14H,4-8H2,1-3H3,(H,15,17,18). The van der Waals surface area contributed by atoms with Crippen molar-refractivity contribution in [1.82, 2.24) is 15.5 Å². The molecule has 0 bridgehead atoms. The Bertz CT molecular complexity index is 432. The summed E-state index contributed by atoms with van der Waals surface area (Å²) in [5.74, 6) is 0.689. The van der Waals surface area contributed by atoms with Crippen molar-refractivity contribution in [3.63, 3.8) is 0 Å². The summed E-state index contributed by atoms with van der Waals surface area (Å²) in [6.45, 7) is 8.39. The average molecular weight is 282 g/mol. The monoisotopic (exact) mass is 282 g/mol. The Morgan fingerprint density at radius 2 is 2.26 bits per heavy atom. The van der Waals surface area contributed by atoms with Crippen LogP contribution in [0.3, 0.4) is 0 Å². The van der Waals surface area contributed by atoms with E-state index < -0.39 is 0 Å². The van der Waals surface area contributed by atoms with Crippen LogP contribution in [0.15, 0.2) is 0 Å². The third-order valence-electron chi connectivity index (χ3n) is 3.25. The van der Waals surface area contributed by atoms with Gasteiger partial charge in [-0.1, -0.05) is 32.1 Å². The molecule has 0 radical (unpaired) electrons. The zero-order valence-corrected chi connectivity index (χ0v) is 12.6. The lowest BCUT2D eigenvalue weighted by Gasteiger charge is -2.12. The van der Waals surface area contributed by atoms with Crippen LogP contribution in [-0.2, 0) is 10.2 Å². The maximum absolute atomic E-state index is 11.8. The van der Waals surface area contributed by atoms with Crippen LogP contribution in [0.5, 0.6) is 0 Å². The van der Waals surface area contributed by atoms with Gasteiger partial charge in [-0.15, -0.1) is 10.2 Å². The SMILES string of the molecule is CC(C)(C)c1nnc(NC(=O)CCC2CCNC2)s1. The molecule has 5 nitrogen and oxygen atoms in total. The molecule has 1 unspecified atom stereocenters. The largest absolute Gasteiger partial charge is 0.316 e. The number of nitrogens with one attached hydrogen (secondary N) is 2. The highest BCUT2D eigenvalue weighted by Crippen LogP contribution is 2.27. The summed E-state index contributed by atoms with van der Waals surface area (Å²) in [5, 5.41) is 15.9. The topological polar surface area (TPSA) is 66.9 Å². The Morgan fingerprint density at radius 3 is 2.84 bits per heavy atom. The van der Waals surface area contributed by atoms with Crippen molar-refractivity contribution in [3.05, 3.63) is 5.01 Å². The number of hydrogen-bond donors (Lipinski definition) is 2. The Labute approximate surface area is 118 Å². The van der Waals surface area contributed by atoms with E-state index in [2.05, 4.69) is 41.6 Å². The van der Waals surface area contributed by atoms with Gasteiger partial charge in [-0.3, -0.25) is 4.79 Å². The first-order valence-corrected chi connectivity index (χ1v) is 7.61. The molecule has 1 aliphatic heterocycles. The zero-order chi connectivity index (χ0) is 13.9. The number of anilines is 1. The predicted molar refractivity (Wildman–Crippen MR) is 77.4 cm³/mol. The van der Waals surface area contributed by atoms with Crippen LogP contribution in [0.2, 0.25) is 0 Å². The molecule has 6 heteroatoms. The highest BCUT2D eigenvalue weighted by molar-refractivity contribution is 7.15. The van der Waals surface area contributed by atoms with Crippen molar-refractivity contribution in [2.24, 2.45) is 5.92 Å². The van der Waals surface area contributed by atoms with Gasteiger partial charge < -0.3 is 10.6 Å². The van der Waals surface area contributed by atoms with Crippen LogP contribution >= 0.6 is 11.3 Å². The third-order valence-corrected chi connectivity index (χ3v) is 4.52. The molecule has 0 saturated carbocycles. The minimum atomic E-state index is -0.0177. The van der Waals surface area contributed by atoms with E-state index in [9.17, 15) is 4.79 Å². The molecular formula is C13H22N4OS. The Hall–Kier alpha value is -1.01. The smallest absolute Gasteiger partial charge is 0.226 e. The number of rotatable bonds is 4. The average Bonchev–Trinajstić information content (AvgIpc) is 2.95. The van der Waals surface area contributed by atoms with Crippen molar-refractivity contribution in [1.29, 1.82) is 0 Å². The molecule has 0 aromatic carbocycles. The molecule has 1 saturated heterocycles. The molecule has 19 heavy (non-hydrogen) atoms. The van der Waals surface area contributed by atoms with Gasteiger partial charge in [-0.2, -0.15) is 0 Å². The maximum Gasteiger partial charge on any atom is 0.226 e. The van der Waals surface area contributed by atoms with Crippen LogP contribution in [-0.4, -0.2) is 29.2 Å². The molecule has 0 spiro atoms. The number of aromatic nitrogens is 2. The van der Waals surface area contributed by atoms with E-state index in [4.69, 9.17) is 0 Å². The predicted octanol–water partition coefficient (Wildman–Crippen LogP) is 2.16. The van der Waals surface area contributed by atoms with E-state index in [0.29, 0.717) is 17.5 Å². The summed E-state index contributed by atoms with van der Waals surface area (Å²) in [5.41, 5.74) is -0.0177. The number of amides is 1. The van der Waals surface area contributed by atoms with Gasteiger partial charge in [0.2, 0.25) is 11.0 Å². The number of hydrogen-bond acceptors (Lipinski definition) is 5. The first-order chi connectivity index (χ1) is 8.95. The molecule has 0 aliphatic carbocycles. The second kappa shape index (κ2) is 5.96. The summed E-state index contributed by atoms with van der Waals surface area (Å²) in [4.78, 5) is 11.8. The van der Waals surface area contributed by atoms with Crippen LogP contribution in [0.25, 0.3) is 0 Å². The van der Waals surface area contributed by atoms with E-state index >= 15 is 0 Å². The van der Waals surface area contributed by atoms with Crippen LogP contribution < -0.4 is 10.6 Å². The van der Waals surface area contributed by atoms with E-state index in [0.717, 1.165) is 24.5 Å². The second-order valence-corrected chi connectivity index (χ2v) is 7.09. The van der Waals surface area contributed by atoms with Gasteiger partial charge in [0.25, 0.3) is 0 Å².